The Balaban J connectivity index is 1.87. The number of nitro groups is 1. The molecule has 0 fully saturated rings. The first-order chi connectivity index (χ1) is 16.9. The monoisotopic (exact) mass is 514 g/mol. The van der Waals surface area contributed by atoms with Gasteiger partial charge in [-0.05, 0) is 51.5 Å². The Morgan fingerprint density at radius 3 is 2.42 bits per heavy atom. The molecule has 2 aromatic rings. The molecule has 10 heteroatoms. The van der Waals surface area contributed by atoms with Crippen LogP contribution in [0.1, 0.15) is 45.6 Å². The van der Waals surface area contributed by atoms with Crippen molar-refractivity contribution in [1.82, 2.24) is 5.32 Å². The average molecular weight is 515 g/mol. The lowest BCUT2D eigenvalue weighted by Crippen LogP contribution is -2.36. The van der Waals surface area contributed by atoms with Gasteiger partial charge in [0.25, 0.3) is 5.69 Å². The van der Waals surface area contributed by atoms with Gasteiger partial charge in [-0.1, -0.05) is 29.8 Å². The van der Waals surface area contributed by atoms with E-state index in [1.165, 1.54) is 18.2 Å². The summed E-state index contributed by atoms with van der Waals surface area (Å²) in [5.41, 5.74) is -0.145. The molecule has 0 aromatic heterocycles. The first-order valence-electron chi connectivity index (χ1n) is 11.2. The van der Waals surface area contributed by atoms with Crippen molar-refractivity contribution in [2.45, 2.75) is 45.6 Å². The van der Waals surface area contributed by atoms with Crippen molar-refractivity contribution < 1.29 is 29.1 Å². The third kappa shape index (κ3) is 6.23. The molecule has 1 aliphatic rings. The number of allylic oxidation sites excluding steroid dienone is 2. The van der Waals surface area contributed by atoms with Gasteiger partial charge in [-0.15, -0.1) is 0 Å². The number of hydrogen-bond acceptors (Lipinski definition) is 7. The Kier molecular flexibility index (Phi) is 8.04. The summed E-state index contributed by atoms with van der Waals surface area (Å²) < 4.78 is 11.5. The number of rotatable bonds is 9. The number of nitro benzene ring substituents is 1. The number of halogens is 1. The molecule has 0 saturated heterocycles. The zero-order valence-electron chi connectivity index (χ0n) is 20.3. The molecule has 1 unspecified atom stereocenters. The lowest BCUT2D eigenvalue weighted by atomic mass is 9.80. The van der Waals surface area contributed by atoms with Crippen molar-refractivity contribution in [3.8, 4) is 5.75 Å². The fraction of sp³-hybridized carbons (Fsp3) is 0.308. The molecule has 3 rings (SSSR count). The fourth-order valence-corrected chi connectivity index (χ4v) is 4.21. The van der Waals surface area contributed by atoms with E-state index in [1.807, 2.05) is 0 Å². The van der Waals surface area contributed by atoms with E-state index in [4.69, 9.17) is 21.1 Å². The standard InChI is InChI=1S/C26H27ClN2O7/c1-15-21(24(30)31)23(17-7-5-9-19(13-17)29(33)34)22(16(2)28-15)25(32)36-26(3,4)11-12-35-20-10-6-8-18(27)14-20/h5-10,13-14,23,28H,11-12H2,1-4H3,(H,30,31). The van der Waals surface area contributed by atoms with Crippen molar-refractivity contribution in [3.63, 3.8) is 0 Å². The third-order valence-corrected chi connectivity index (χ3v) is 6.00. The molecule has 2 aromatic carbocycles. The predicted octanol–water partition coefficient (Wildman–Crippen LogP) is 5.36. The van der Waals surface area contributed by atoms with Gasteiger partial charge in [-0.25, -0.2) is 9.59 Å². The van der Waals surface area contributed by atoms with E-state index >= 15 is 0 Å². The van der Waals surface area contributed by atoms with E-state index in [0.29, 0.717) is 34.2 Å². The van der Waals surface area contributed by atoms with Crippen LogP contribution in [0.15, 0.2) is 71.1 Å². The van der Waals surface area contributed by atoms with Gasteiger partial charge in [0.15, 0.2) is 0 Å². The summed E-state index contributed by atoms with van der Waals surface area (Å²) in [6.45, 7) is 6.90. The number of dihydropyridines is 1. The minimum atomic E-state index is -1.25. The molecule has 0 amide bonds. The summed E-state index contributed by atoms with van der Waals surface area (Å²) >= 11 is 5.97. The van der Waals surface area contributed by atoms with E-state index in [-0.39, 0.29) is 23.4 Å². The largest absolute Gasteiger partial charge is 0.493 e. The molecule has 0 radical (unpaired) electrons. The Hall–Kier alpha value is -3.85. The van der Waals surface area contributed by atoms with Crippen molar-refractivity contribution in [2.24, 2.45) is 0 Å². The van der Waals surface area contributed by atoms with Crippen LogP contribution in [-0.2, 0) is 14.3 Å². The van der Waals surface area contributed by atoms with Gasteiger partial charge in [0.05, 0.1) is 28.6 Å². The maximum atomic E-state index is 13.5. The second-order valence-electron chi connectivity index (χ2n) is 9.00. The molecular formula is C26H27ClN2O7. The van der Waals surface area contributed by atoms with Crippen molar-refractivity contribution in [2.75, 3.05) is 6.61 Å². The molecule has 0 saturated carbocycles. The number of non-ortho nitro benzene ring substituents is 1. The van der Waals surface area contributed by atoms with E-state index in [0.717, 1.165) is 0 Å². The zero-order chi connectivity index (χ0) is 26.6. The highest BCUT2D eigenvalue weighted by molar-refractivity contribution is 6.30. The average Bonchev–Trinajstić information content (AvgIpc) is 2.77. The van der Waals surface area contributed by atoms with Gasteiger partial charge in [-0.2, -0.15) is 0 Å². The first kappa shape index (κ1) is 26.7. The van der Waals surface area contributed by atoms with E-state index in [2.05, 4.69) is 5.32 Å². The number of carboxylic acid groups (broad SMARTS) is 1. The van der Waals surface area contributed by atoms with Crippen molar-refractivity contribution >= 4 is 29.2 Å². The summed E-state index contributed by atoms with van der Waals surface area (Å²) in [5.74, 6) is -2.45. The van der Waals surface area contributed by atoms with Crippen LogP contribution < -0.4 is 10.1 Å². The SMILES string of the molecule is CC1=C(C(=O)O)C(c2cccc([N+](=O)[O-])c2)C(C(=O)OC(C)(C)CCOc2cccc(Cl)c2)=C(C)N1. The van der Waals surface area contributed by atoms with E-state index in [1.54, 1.807) is 58.0 Å². The number of nitrogens with zero attached hydrogens (tertiary/aromatic N) is 1. The predicted molar refractivity (Wildman–Crippen MR) is 134 cm³/mol. The molecular weight excluding hydrogens is 488 g/mol. The van der Waals surface area contributed by atoms with Crippen LogP contribution in [-0.4, -0.2) is 34.2 Å². The third-order valence-electron chi connectivity index (χ3n) is 5.76. The van der Waals surface area contributed by atoms with Gasteiger partial charge < -0.3 is 19.9 Å². The van der Waals surface area contributed by atoms with Crippen LogP contribution in [0.3, 0.4) is 0 Å². The van der Waals surface area contributed by atoms with Crippen LogP contribution in [0.4, 0.5) is 5.69 Å². The molecule has 0 bridgehead atoms. The second-order valence-corrected chi connectivity index (χ2v) is 9.43. The summed E-state index contributed by atoms with van der Waals surface area (Å²) in [4.78, 5) is 36.4. The normalized spacial score (nSPS) is 15.9. The Morgan fingerprint density at radius 1 is 1.11 bits per heavy atom. The highest BCUT2D eigenvalue weighted by atomic mass is 35.5. The summed E-state index contributed by atoms with van der Waals surface area (Å²) in [6, 6.07) is 12.5. The number of esters is 1. The molecule has 1 aliphatic heterocycles. The van der Waals surface area contributed by atoms with Gasteiger partial charge in [0.2, 0.25) is 0 Å². The number of aliphatic carboxylic acids is 1. The number of carboxylic acids is 1. The summed E-state index contributed by atoms with van der Waals surface area (Å²) in [5, 5.41) is 24.8. The zero-order valence-corrected chi connectivity index (χ0v) is 21.1. The molecule has 2 N–H and O–H groups in total. The highest BCUT2D eigenvalue weighted by Gasteiger charge is 2.39. The molecule has 36 heavy (non-hydrogen) atoms. The van der Waals surface area contributed by atoms with Crippen LogP contribution in [0, 0.1) is 10.1 Å². The van der Waals surface area contributed by atoms with Gasteiger partial charge >= 0.3 is 11.9 Å². The smallest absolute Gasteiger partial charge is 0.337 e. The van der Waals surface area contributed by atoms with Gasteiger partial charge in [-0.3, -0.25) is 10.1 Å². The number of benzene rings is 2. The topological polar surface area (TPSA) is 128 Å². The minimum absolute atomic E-state index is 0.0716. The fourth-order valence-electron chi connectivity index (χ4n) is 4.03. The van der Waals surface area contributed by atoms with Crippen LogP contribution in [0.2, 0.25) is 5.02 Å². The summed E-state index contributed by atoms with van der Waals surface area (Å²) in [7, 11) is 0. The molecule has 1 heterocycles. The lowest BCUT2D eigenvalue weighted by molar-refractivity contribution is -0.384. The minimum Gasteiger partial charge on any atom is -0.493 e. The van der Waals surface area contributed by atoms with Gasteiger partial charge in [0, 0.05) is 35.0 Å². The second kappa shape index (κ2) is 10.8. The van der Waals surface area contributed by atoms with Crippen LogP contribution in [0.5, 0.6) is 5.75 Å². The maximum Gasteiger partial charge on any atom is 0.337 e. The Bertz CT molecular complexity index is 1270. The van der Waals surface area contributed by atoms with E-state index in [9.17, 15) is 24.8 Å². The van der Waals surface area contributed by atoms with Crippen LogP contribution >= 0.6 is 11.6 Å². The number of ether oxygens (including phenoxy) is 2. The molecule has 1 atom stereocenters. The van der Waals surface area contributed by atoms with Crippen LogP contribution in [0.25, 0.3) is 0 Å². The number of carbonyl (C=O) groups is 2. The Morgan fingerprint density at radius 2 is 1.78 bits per heavy atom. The molecule has 0 aliphatic carbocycles. The first-order valence-corrected chi connectivity index (χ1v) is 11.6. The van der Waals surface area contributed by atoms with E-state index < -0.39 is 28.4 Å². The molecule has 190 valence electrons. The number of hydrogen-bond donors (Lipinski definition) is 2. The quantitative estimate of drug-likeness (QED) is 0.260. The number of nitrogens with one attached hydrogen (secondary N) is 1. The maximum absolute atomic E-state index is 13.5. The highest BCUT2D eigenvalue weighted by Crippen LogP contribution is 2.40. The van der Waals surface area contributed by atoms with Crippen molar-refractivity contribution in [3.05, 3.63) is 91.8 Å². The molecule has 9 nitrogen and oxygen atoms in total. The lowest BCUT2D eigenvalue weighted by Gasteiger charge is -2.32. The van der Waals surface area contributed by atoms with Gasteiger partial charge in [0.1, 0.15) is 11.4 Å². The van der Waals surface area contributed by atoms with Crippen molar-refractivity contribution in [1.29, 1.82) is 0 Å². The summed E-state index contributed by atoms with van der Waals surface area (Å²) in [6.07, 6.45) is 0.340. The molecule has 0 spiro atoms. The number of carbonyl (C=O) groups excluding carboxylic acids is 1. The Labute approximate surface area is 213 Å².